The Morgan fingerprint density at radius 2 is 1.09 bits per heavy atom. The number of aromatic nitrogens is 1. The van der Waals surface area contributed by atoms with Gasteiger partial charge in [0, 0.05) is 54.7 Å². The minimum absolute atomic E-state index is 0.601. The van der Waals surface area contributed by atoms with E-state index >= 15 is 0 Å². The first-order valence-corrected chi connectivity index (χ1v) is 13.1. The van der Waals surface area contributed by atoms with Crippen molar-refractivity contribution in [3.63, 3.8) is 0 Å². The van der Waals surface area contributed by atoms with E-state index in [-0.39, 0.29) is 0 Å². The number of fused-ring (bicyclic) bond motifs is 1. The molecule has 0 unspecified atom stereocenters. The molecule has 0 bridgehead atoms. The molecule has 3 heteroatoms. The standard InChI is InChI=1S/C31H45N3/c1-22(2)18-33(19-23(3)4)28-15-27(31-30-12-10-9-11-26(30)13-14-32-31)16-29(17-28)34(20-24(5)6)21-25(7)8/h9-17,22-25H,18-21H2,1-8H3. The lowest BCUT2D eigenvalue weighted by atomic mass is 10.0. The molecule has 0 radical (unpaired) electrons. The maximum atomic E-state index is 4.88. The predicted octanol–water partition coefficient (Wildman–Crippen LogP) is 8.14. The van der Waals surface area contributed by atoms with E-state index in [0.717, 1.165) is 31.9 Å². The Hall–Kier alpha value is -2.55. The van der Waals surface area contributed by atoms with Crippen molar-refractivity contribution in [2.45, 2.75) is 55.4 Å². The van der Waals surface area contributed by atoms with Gasteiger partial charge in [-0.1, -0.05) is 79.7 Å². The van der Waals surface area contributed by atoms with E-state index < -0.39 is 0 Å². The van der Waals surface area contributed by atoms with Gasteiger partial charge in [0.25, 0.3) is 0 Å². The fraction of sp³-hybridized carbons (Fsp3) is 0.516. The van der Waals surface area contributed by atoms with Gasteiger partial charge in [-0.05, 0) is 53.3 Å². The van der Waals surface area contributed by atoms with Crippen LogP contribution in [-0.4, -0.2) is 31.2 Å². The molecule has 3 aromatic rings. The summed E-state index contributed by atoms with van der Waals surface area (Å²) in [6, 6.07) is 17.9. The Labute approximate surface area is 208 Å². The van der Waals surface area contributed by atoms with Crippen molar-refractivity contribution >= 4 is 22.1 Å². The molecule has 34 heavy (non-hydrogen) atoms. The largest absolute Gasteiger partial charge is 0.371 e. The fourth-order valence-corrected chi connectivity index (χ4v) is 4.78. The third kappa shape index (κ3) is 6.98. The van der Waals surface area contributed by atoms with Gasteiger partial charge >= 0.3 is 0 Å². The second-order valence-electron chi connectivity index (χ2n) is 11.5. The first-order chi connectivity index (χ1) is 16.1. The molecule has 3 rings (SSSR count). The molecule has 2 aromatic carbocycles. The van der Waals surface area contributed by atoms with E-state index in [4.69, 9.17) is 4.98 Å². The second-order valence-corrected chi connectivity index (χ2v) is 11.5. The first kappa shape index (κ1) is 26.1. The van der Waals surface area contributed by atoms with Crippen LogP contribution < -0.4 is 9.80 Å². The first-order valence-electron chi connectivity index (χ1n) is 13.1. The summed E-state index contributed by atoms with van der Waals surface area (Å²) in [5.41, 5.74) is 4.90. The monoisotopic (exact) mass is 459 g/mol. The number of benzene rings is 2. The third-order valence-electron chi connectivity index (χ3n) is 5.92. The highest BCUT2D eigenvalue weighted by Gasteiger charge is 2.18. The Balaban J connectivity index is 2.21. The zero-order valence-electron chi connectivity index (χ0n) is 22.7. The molecule has 0 atom stereocenters. The highest BCUT2D eigenvalue weighted by Crippen LogP contribution is 2.35. The third-order valence-corrected chi connectivity index (χ3v) is 5.92. The molecular weight excluding hydrogens is 414 g/mol. The molecule has 184 valence electrons. The number of hydrogen-bond donors (Lipinski definition) is 0. The van der Waals surface area contributed by atoms with Crippen LogP contribution in [0.2, 0.25) is 0 Å². The van der Waals surface area contributed by atoms with Crippen molar-refractivity contribution in [1.82, 2.24) is 4.98 Å². The van der Waals surface area contributed by atoms with Crippen LogP contribution in [0, 0.1) is 23.7 Å². The summed E-state index contributed by atoms with van der Waals surface area (Å²) in [4.78, 5) is 10.0. The molecule has 0 aliphatic heterocycles. The summed E-state index contributed by atoms with van der Waals surface area (Å²) in [6.45, 7) is 22.7. The van der Waals surface area contributed by atoms with Crippen molar-refractivity contribution in [2.24, 2.45) is 23.7 Å². The fourth-order valence-electron chi connectivity index (χ4n) is 4.78. The lowest BCUT2D eigenvalue weighted by Gasteiger charge is -2.33. The van der Waals surface area contributed by atoms with E-state index in [1.54, 1.807) is 0 Å². The smallest absolute Gasteiger partial charge is 0.0781 e. The van der Waals surface area contributed by atoms with Gasteiger partial charge in [-0.15, -0.1) is 0 Å². The Morgan fingerprint density at radius 3 is 1.56 bits per heavy atom. The van der Waals surface area contributed by atoms with Crippen molar-refractivity contribution in [3.05, 3.63) is 54.7 Å². The molecule has 0 aliphatic carbocycles. The van der Waals surface area contributed by atoms with E-state index in [2.05, 4.69) is 114 Å². The molecule has 1 heterocycles. The molecule has 0 aliphatic rings. The SMILES string of the molecule is CC(C)CN(CC(C)C)c1cc(-c2nccc3ccccc23)cc(N(CC(C)C)CC(C)C)c1. The van der Waals surface area contributed by atoms with Crippen molar-refractivity contribution in [1.29, 1.82) is 0 Å². The number of hydrogen-bond acceptors (Lipinski definition) is 3. The average Bonchev–Trinajstić information content (AvgIpc) is 2.76. The number of anilines is 2. The van der Waals surface area contributed by atoms with Crippen LogP contribution in [0.15, 0.2) is 54.7 Å². The Kier molecular flexibility index (Phi) is 8.99. The summed E-state index contributed by atoms with van der Waals surface area (Å²) in [5.74, 6) is 2.40. The van der Waals surface area contributed by atoms with Gasteiger partial charge in [0.05, 0.1) is 5.69 Å². The summed E-state index contributed by atoms with van der Waals surface area (Å²) < 4.78 is 0. The maximum Gasteiger partial charge on any atom is 0.0781 e. The van der Waals surface area contributed by atoms with Gasteiger partial charge in [-0.2, -0.15) is 0 Å². The van der Waals surface area contributed by atoms with Gasteiger partial charge in [0.2, 0.25) is 0 Å². The topological polar surface area (TPSA) is 19.4 Å². The van der Waals surface area contributed by atoms with Crippen LogP contribution in [0.1, 0.15) is 55.4 Å². The van der Waals surface area contributed by atoms with Crippen molar-refractivity contribution in [2.75, 3.05) is 36.0 Å². The Bertz CT molecular complexity index is 984. The van der Waals surface area contributed by atoms with Crippen LogP contribution in [0.5, 0.6) is 0 Å². The minimum atomic E-state index is 0.601. The number of pyridine rings is 1. The van der Waals surface area contributed by atoms with Crippen LogP contribution in [-0.2, 0) is 0 Å². The van der Waals surface area contributed by atoms with Crippen molar-refractivity contribution < 1.29 is 0 Å². The molecule has 0 spiro atoms. The van der Waals surface area contributed by atoms with Gasteiger partial charge in [0.15, 0.2) is 0 Å². The zero-order valence-corrected chi connectivity index (χ0v) is 22.7. The molecular formula is C31H45N3. The molecule has 0 N–H and O–H groups in total. The van der Waals surface area contributed by atoms with E-state index in [0.29, 0.717) is 23.7 Å². The minimum Gasteiger partial charge on any atom is -0.371 e. The summed E-state index contributed by atoms with van der Waals surface area (Å²) in [6.07, 6.45) is 1.95. The second kappa shape index (κ2) is 11.7. The van der Waals surface area contributed by atoms with Crippen LogP contribution in [0.4, 0.5) is 11.4 Å². The maximum absolute atomic E-state index is 4.88. The number of rotatable bonds is 11. The summed E-state index contributed by atoms with van der Waals surface area (Å²) in [7, 11) is 0. The highest BCUT2D eigenvalue weighted by atomic mass is 15.2. The molecule has 1 aromatic heterocycles. The lowest BCUT2D eigenvalue weighted by Crippen LogP contribution is -2.33. The van der Waals surface area contributed by atoms with E-state index in [1.807, 2.05) is 6.20 Å². The van der Waals surface area contributed by atoms with Crippen LogP contribution in [0.25, 0.3) is 22.0 Å². The summed E-state index contributed by atoms with van der Waals surface area (Å²) in [5, 5.41) is 2.45. The Morgan fingerprint density at radius 1 is 0.618 bits per heavy atom. The quantitative estimate of drug-likeness (QED) is 0.288. The van der Waals surface area contributed by atoms with Gasteiger partial charge in [0.1, 0.15) is 0 Å². The molecule has 0 saturated heterocycles. The van der Waals surface area contributed by atoms with Crippen LogP contribution in [0.3, 0.4) is 0 Å². The molecule has 0 fully saturated rings. The molecule has 0 saturated carbocycles. The van der Waals surface area contributed by atoms with Crippen molar-refractivity contribution in [3.8, 4) is 11.3 Å². The van der Waals surface area contributed by atoms with Gasteiger partial charge < -0.3 is 9.80 Å². The number of nitrogens with zero attached hydrogens (tertiary/aromatic N) is 3. The lowest BCUT2D eigenvalue weighted by molar-refractivity contribution is 0.549. The molecule has 3 nitrogen and oxygen atoms in total. The summed E-state index contributed by atoms with van der Waals surface area (Å²) >= 11 is 0. The average molecular weight is 460 g/mol. The van der Waals surface area contributed by atoms with Gasteiger partial charge in [-0.25, -0.2) is 0 Å². The van der Waals surface area contributed by atoms with E-state index in [9.17, 15) is 0 Å². The predicted molar refractivity (Wildman–Crippen MR) is 151 cm³/mol. The van der Waals surface area contributed by atoms with Gasteiger partial charge in [-0.3, -0.25) is 4.98 Å². The highest BCUT2D eigenvalue weighted by molar-refractivity contribution is 5.95. The normalized spacial score (nSPS) is 11.9. The zero-order chi connectivity index (χ0) is 24.8. The van der Waals surface area contributed by atoms with Crippen LogP contribution >= 0.6 is 0 Å². The molecule has 0 amide bonds. The van der Waals surface area contributed by atoms with E-state index in [1.165, 1.54) is 27.7 Å².